The summed E-state index contributed by atoms with van der Waals surface area (Å²) in [6.07, 6.45) is 3.17. The average Bonchev–Trinajstić information content (AvgIpc) is 2.10. The predicted molar refractivity (Wildman–Crippen MR) is 77.0 cm³/mol. The summed E-state index contributed by atoms with van der Waals surface area (Å²) in [6, 6.07) is 0. The number of rotatable bonds is 6. The molecule has 22 heavy (non-hydrogen) atoms. The third-order valence-electron chi connectivity index (χ3n) is 1.22. The van der Waals surface area contributed by atoms with Crippen LogP contribution < -0.4 is 0 Å². The van der Waals surface area contributed by atoms with E-state index in [2.05, 4.69) is 0 Å². The fraction of sp³-hybridized carbons (Fsp3) is 0.400. The molecule has 0 radical (unpaired) electrons. The van der Waals surface area contributed by atoms with Crippen molar-refractivity contribution in [1.29, 1.82) is 0 Å². The Kier molecular flexibility index (Phi) is 23.6. The molecule has 0 N–H and O–H groups in total. The SMILES string of the molecule is CC(=O)[CH-]C(C)=O.CC(=O)[CH-]C(C)=O.CC(=O)[CH-]C(C)=O.[Lu+3]. The summed E-state index contributed by atoms with van der Waals surface area (Å²) in [7, 11) is 0. The molecule has 0 heterocycles. The van der Waals surface area contributed by atoms with E-state index in [0.717, 1.165) is 19.3 Å². The molecule has 0 aromatic heterocycles. The summed E-state index contributed by atoms with van der Waals surface area (Å²) in [5.74, 6) is -1.12. The van der Waals surface area contributed by atoms with E-state index in [1.807, 2.05) is 0 Å². The zero-order valence-corrected chi connectivity index (χ0v) is 15.1. The van der Waals surface area contributed by atoms with Crippen molar-refractivity contribution in [2.24, 2.45) is 0 Å². The number of ketones is 6. The summed E-state index contributed by atoms with van der Waals surface area (Å²) in [5, 5.41) is 0. The first-order valence-corrected chi connectivity index (χ1v) is 5.96. The number of carbonyl (C=O) groups is 6. The van der Waals surface area contributed by atoms with Gasteiger partial charge in [0.05, 0.1) is 0 Å². The van der Waals surface area contributed by atoms with E-state index in [-0.39, 0.29) is 71.6 Å². The predicted octanol–water partition coefficient (Wildman–Crippen LogP) is 1.11. The Morgan fingerprint density at radius 1 is 0.409 bits per heavy atom. The molecule has 0 unspecified atom stereocenters. The minimum atomic E-state index is -0.187. The van der Waals surface area contributed by atoms with Crippen molar-refractivity contribution in [2.45, 2.75) is 41.5 Å². The minimum Gasteiger partial charge on any atom is -0.334 e. The van der Waals surface area contributed by atoms with Gasteiger partial charge in [-0.3, -0.25) is 19.3 Å². The smallest absolute Gasteiger partial charge is 0.334 e. The Hall–Kier alpha value is -1.14. The van der Waals surface area contributed by atoms with Crippen LogP contribution in [0, 0.1) is 56.1 Å². The molecule has 0 amide bonds. The summed E-state index contributed by atoms with van der Waals surface area (Å²) in [6.45, 7) is 8.09. The van der Waals surface area contributed by atoms with E-state index >= 15 is 0 Å². The molecule has 0 aromatic rings. The maximum absolute atomic E-state index is 9.98. The molecule has 0 saturated heterocycles. The first-order valence-electron chi connectivity index (χ1n) is 5.96. The maximum atomic E-state index is 9.98. The number of hydrogen-bond donors (Lipinski definition) is 0. The zero-order valence-electron chi connectivity index (χ0n) is 13.4. The van der Waals surface area contributed by atoms with Gasteiger partial charge in [-0.1, -0.05) is 0 Å². The molecular formula is C15H21LuO6. The monoisotopic (exact) mass is 472 g/mol. The van der Waals surface area contributed by atoms with Gasteiger partial charge >= 0.3 is 36.9 Å². The van der Waals surface area contributed by atoms with Crippen molar-refractivity contribution >= 4 is 34.7 Å². The van der Waals surface area contributed by atoms with Crippen LogP contribution in [0.2, 0.25) is 0 Å². The van der Waals surface area contributed by atoms with Gasteiger partial charge in [0.25, 0.3) is 0 Å². The molecule has 0 bridgehead atoms. The average molecular weight is 472 g/mol. The molecule has 0 aliphatic carbocycles. The molecule has 132 valence electrons. The third kappa shape index (κ3) is 51.0. The first-order chi connectivity index (χ1) is 9.38. The maximum Gasteiger partial charge on any atom is 3.00 e. The fourth-order valence-electron chi connectivity index (χ4n) is 0.859. The van der Waals surface area contributed by atoms with E-state index in [9.17, 15) is 28.8 Å². The Morgan fingerprint density at radius 3 is 0.500 bits per heavy atom. The van der Waals surface area contributed by atoms with E-state index in [0.29, 0.717) is 0 Å². The largest absolute Gasteiger partial charge is 3.00 e. The van der Waals surface area contributed by atoms with Crippen molar-refractivity contribution in [3.8, 4) is 0 Å². The minimum absolute atomic E-state index is 0. The van der Waals surface area contributed by atoms with Gasteiger partial charge in [-0.25, -0.2) is 0 Å². The van der Waals surface area contributed by atoms with Gasteiger partial charge in [-0.05, 0) is 41.5 Å². The zero-order chi connectivity index (χ0) is 17.6. The molecule has 0 saturated carbocycles. The standard InChI is InChI=1S/3C5H7O2.Lu/c3*1-4(6)3-5(2)7;/h3*3H,1-2H3;/q3*-1;+3. The Labute approximate surface area is 160 Å². The second-order valence-electron chi connectivity index (χ2n) is 4.10. The molecule has 0 rings (SSSR count). The van der Waals surface area contributed by atoms with Gasteiger partial charge in [-0.15, -0.1) is 0 Å². The van der Waals surface area contributed by atoms with Gasteiger partial charge in [0.1, 0.15) is 0 Å². The van der Waals surface area contributed by atoms with Crippen LogP contribution in [0.15, 0.2) is 0 Å². The van der Waals surface area contributed by atoms with Gasteiger partial charge in [0, 0.05) is 34.7 Å². The van der Waals surface area contributed by atoms with Crippen LogP contribution >= 0.6 is 0 Å². The van der Waals surface area contributed by atoms with Gasteiger partial charge in [0.2, 0.25) is 0 Å². The molecule has 0 fully saturated rings. The van der Waals surface area contributed by atoms with E-state index in [4.69, 9.17) is 0 Å². The van der Waals surface area contributed by atoms with Crippen LogP contribution in [0.5, 0.6) is 0 Å². The second kappa shape index (κ2) is 17.9. The molecule has 0 aliphatic rings. The van der Waals surface area contributed by atoms with E-state index < -0.39 is 0 Å². The van der Waals surface area contributed by atoms with Crippen molar-refractivity contribution in [1.82, 2.24) is 0 Å². The van der Waals surface area contributed by atoms with Gasteiger partial charge in [0.15, 0.2) is 0 Å². The summed E-state index contributed by atoms with van der Waals surface area (Å²) < 4.78 is 0. The summed E-state index contributed by atoms with van der Waals surface area (Å²) >= 11 is 0. The Morgan fingerprint density at radius 2 is 0.500 bits per heavy atom. The Bertz CT molecular complexity index is 314. The van der Waals surface area contributed by atoms with Crippen LogP contribution in [0.25, 0.3) is 0 Å². The molecular weight excluding hydrogens is 451 g/mol. The topological polar surface area (TPSA) is 102 Å². The van der Waals surface area contributed by atoms with Gasteiger partial charge in [-0.2, -0.15) is 0 Å². The van der Waals surface area contributed by atoms with Crippen LogP contribution in [-0.2, 0) is 28.8 Å². The van der Waals surface area contributed by atoms with E-state index in [1.165, 1.54) is 41.5 Å². The van der Waals surface area contributed by atoms with E-state index in [1.54, 1.807) is 0 Å². The van der Waals surface area contributed by atoms with Crippen molar-refractivity contribution in [3.05, 3.63) is 19.3 Å². The van der Waals surface area contributed by atoms with Crippen LogP contribution in [0.4, 0.5) is 0 Å². The second-order valence-corrected chi connectivity index (χ2v) is 4.10. The van der Waals surface area contributed by atoms with Crippen molar-refractivity contribution < 1.29 is 65.6 Å². The summed E-state index contributed by atoms with van der Waals surface area (Å²) in [4.78, 5) is 59.9. The van der Waals surface area contributed by atoms with Crippen LogP contribution in [-0.4, -0.2) is 34.7 Å². The van der Waals surface area contributed by atoms with Crippen LogP contribution in [0.3, 0.4) is 0 Å². The number of Topliss-reactive ketones (excluding diaryl/α,β-unsaturated/α-hetero) is 6. The molecule has 0 spiro atoms. The molecule has 6 nitrogen and oxygen atoms in total. The van der Waals surface area contributed by atoms with Crippen molar-refractivity contribution in [2.75, 3.05) is 0 Å². The summed E-state index contributed by atoms with van der Waals surface area (Å²) in [5.41, 5.74) is 0. The van der Waals surface area contributed by atoms with Gasteiger partial charge < -0.3 is 28.8 Å². The quantitative estimate of drug-likeness (QED) is 0.424. The van der Waals surface area contributed by atoms with Crippen molar-refractivity contribution in [3.63, 3.8) is 0 Å². The third-order valence-corrected chi connectivity index (χ3v) is 1.22. The molecule has 0 aliphatic heterocycles. The number of hydrogen-bond acceptors (Lipinski definition) is 6. The van der Waals surface area contributed by atoms with Crippen LogP contribution in [0.1, 0.15) is 41.5 Å². The molecule has 7 heteroatoms. The fourth-order valence-corrected chi connectivity index (χ4v) is 0.859. The molecule has 0 atom stereocenters. The molecule has 0 aromatic carbocycles. The number of carbonyl (C=O) groups excluding carboxylic acids is 6. The Balaban J connectivity index is -0.000000108. The first kappa shape index (κ1) is 28.9. The normalized spacial score (nSPS) is 7.36.